The Bertz CT molecular complexity index is 494. The van der Waals surface area contributed by atoms with E-state index >= 15 is 0 Å². The number of nitrogens with zero attached hydrogens (tertiary/aromatic N) is 1. The van der Waals surface area contributed by atoms with Crippen LogP contribution in [0.25, 0.3) is 0 Å². The first kappa shape index (κ1) is 22.5. The van der Waals surface area contributed by atoms with Crippen LogP contribution in [0.2, 0.25) is 0 Å². The van der Waals surface area contributed by atoms with Crippen molar-refractivity contribution in [2.45, 2.75) is 96.6 Å². The lowest BCUT2D eigenvalue weighted by Gasteiger charge is -2.26. The number of carboxylic acid groups (broad SMARTS) is 1. The smallest absolute Gasteiger partial charge is 0.303 e. The second kappa shape index (κ2) is 12.8. The molecule has 26 heavy (non-hydrogen) atoms. The SMILES string of the molecule is CCC#CC[C@H](C)[C@@H](O)CCC1CCC(=O)N1CCCCCCC(=O)O. The first-order valence-corrected chi connectivity index (χ1v) is 10.1. The molecule has 1 rings (SSSR count). The number of aliphatic hydroxyl groups is 1. The van der Waals surface area contributed by atoms with Crippen LogP contribution in [0, 0.1) is 17.8 Å². The monoisotopic (exact) mass is 365 g/mol. The molecular weight excluding hydrogens is 330 g/mol. The Morgan fingerprint density at radius 3 is 2.69 bits per heavy atom. The Hall–Kier alpha value is -1.54. The van der Waals surface area contributed by atoms with Crippen LogP contribution in [0.3, 0.4) is 0 Å². The summed E-state index contributed by atoms with van der Waals surface area (Å²) >= 11 is 0. The van der Waals surface area contributed by atoms with Gasteiger partial charge in [0.15, 0.2) is 0 Å². The topological polar surface area (TPSA) is 77.8 Å². The quantitative estimate of drug-likeness (QED) is 0.409. The van der Waals surface area contributed by atoms with Crippen LogP contribution in [0.5, 0.6) is 0 Å². The van der Waals surface area contributed by atoms with Gasteiger partial charge in [0.05, 0.1) is 6.10 Å². The number of hydrogen-bond donors (Lipinski definition) is 2. The van der Waals surface area contributed by atoms with Crippen LogP contribution in [0.1, 0.15) is 84.5 Å². The van der Waals surface area contributed by atoms with Crippen molar-refractivity contribution >= 4 is 11.9 Å². The maximum atomic E-state index is 12.1. The Kier molecular flexibility index (Phi) is 11.0. The lowest BCUT2D eigenvalue weighted by atomic mass is 9.95. The molecule has 1 heterocycles. The third-order valence-electron chi connectivity index (χ3n) is 5.17. The zero-order valence-corrected chi connectivity index (χ0v) is 16.4. The van der Waals surface area contributed by atoms with E-state index in [2.05, 4.69) is 11.8 Å². The van der Waals surface area contributed by atoms with Gasteiger partial charge in [-0.15, -0.1) is 11.8 Å². The van der Waals surface area contributed by atoms with Crippen molar-refractivity contribution < 1.29 is 19.8 Å². The van der Waals surface area contributed by atoms with Crippen molar-refractivity contribution in [3.8, 4) is 11.8 Å². The summed E-state index contributed by atoms with van der Waals surface area (Å²) in [6.07, 6.45) is 7.96. The highest BCUT2D eigenvalue weighted by molar-refractivity contribution is 5.78. The Morgan fingerprint density at radius 2 is 2.00 bits per heavy atom. The van der Waals surface area contributed by atoms with Crippen molar-refractivity contribution in [1.29, 1.82) is 0 Å². The van der Waals surface area contributed by atoms with Crippen LogP contribution in [-0.4, -0.2) is 45.7 Å². The van der Waals surface area contributed by atoms with E-state index in [0.717, 1.165) is 51.5 Å². The highest BCUT2D eigenvalue weighted by Gasteiger charge is 2.30. The molecule has 0 aromatic carbocycles. The second-order valence-corrected chi connectivity index (χ2v) is 7.37. The van der Waals surface area contributed by atoms with E-state index in [-0.39, 0.29) is 30.4 Å². The summed E-state index contributed by atoms with van der Waals surface area (Å²) in [6, 6.07) is 0.241. The maximum absolute atomic E-state index is 12.1. The molecule has 2 N–H and O–H groups in total. The van der Waals surface area contributed by atoms with Gasteiger partial charge in [-0.2, -0.15) is 0 Å². The first-order valence-electron chi connectivity index (χ1n) is 10.1. The fourth-order valence-electron chi connectivity index (χ4n) is 3.45. The van der Waals surface area contributed by atoms with E-state index < -0.39 is 5.97 Å². The lowest BCUT2D eigenvalue weighted by Crippen LogP contribution is -2.34. The number of carbonyl (C=O) groups is 2. The van der Waals surface area contributed by atoms with Crippen LogP contribution < -0.4 is 0 Å². The van der Waals surface area contributed by atoms with Crippen molar-refractivity contribution in [3.63, 3.8) is 0 Å². The summed E-state index contributed by atoms with van der Waals surface area (Å²) < 4.78 is 0. The van der Waals surface area contributed by atoms with Crippen molar-refractivity contribution in [2.75, 3.05) is 6.54 Å². The zero-order chi connectivity index (χ0) is 19.4. The molecular formula is C21H35NO4. The van der Waals surface area contributed by atoms with E-state index in [1.165, 1.54) is 0 Å². The van der Waals surface area contributed by atoms with E-state index in [4.69, 9.17) is 5.11 Å². The molecule has 1 saturated heterocycles. The molecule has 3 atom stereocenters. The molecule has 148 valence electrons. The van der Waals surface area contributed by atoms with Gasteiger partial charge < -0.3 is 15.1 Å². The summed E-state index contributed by atoms with van der Waals surface area (Å²) in [5, 5.41) is 19.0. The van der Waals surface area contributed by atoms with Gasteiger partial charge in [0.1, 0.15) is 0 Å². The van der Waals surface area contributed by atoms with E-state index in [1.54, 1.807) is 0 Å². The number of carbonyl (C=O) groups excluding carboxylic acids is 1. The highest BCUT2D eigenvalue weighted by Crippen LogP contribution is 2.25. The molecule has 0 bridgehead atoms. The average Bonchev–Trinajstić information content (AvgIpc) is 2.95. The van der Waals surface area contributed by atoms with Gasteiger partial charge in [0.25, 0.3) is 0 Å². The number of carboxylic acids is 1. The van der Waals surface area contributed by atoms with Gasteiger partial charge in [0, 0.05) is 38.3 Å². The molecule has 1 unspecified atom stereocenters. The van der Waals surface area contributed by atoms with Crippen LogP contribution in [0.15, 0.2) is 0 Å². The molecule has 5 nitrogen and oxygen atoms in total. The van der Waals surface area contributed by atoms with Gasteiger partial charge in [0.2, 0.25) is 5.91 Å². The molecule has 1 aliphatic rings. The van der Waals surface area contributed by atoms with E-state index in [1.807, 2.05) is 18.7 Å². The molecule has 1 fully saturated rings. The minimum Gasteiger partial charge on any atom is -0.481 e. The van der Waals surface area contributed by atoms with Gasteiger partial charge >= 0.3 is 5.97 Å². The first-order chi connectivity index (χ1) is 12.5. The second-order valence-electron chi connectivity index (χ2n) is 7.37. The Balaban J connectivity index is 2.29. The fourth-order valence-corrected chi connectivity index (χ4v) is 3.45. The minimum atomic E-state index is -0.742. The maximum Gasteiger partial charge on any atom is 0.303 e. The summed E-state index contributed by atoms with van der Waals surface area (Å²) in [4.78, 5) is 24.6. The number of likely N-dealkylation sites (tertiary alicyclic amines) is 1. The molecule has 0 aliphatic carbocycles. The predicted molar refractivity (Wildman–Crippen MR) is 103 cm³/mol. The van der Waals surface area contributed by atoms with Gasteiger partial charge in [-0.25, -0.2) is 0 Å². The van der Waals surface area contributed by atoms with Crippen molar-refractivity contribution in [3.05, 3.63) is 0 Å². The zero-order valence-electron chi connectivity index (χ0n) is 16.4. The molecule has 0 aromatic heterocycles. The standard InChI is InChI=1S/C21H35NO4/c1-3-4-7-10-17(2)19(23)14-12-18-13-15-20(24)22(18)16-9-6-5-8-11-21(25)26/h17-19,23H,3,5-6,8-16H2,1-2H3,(H,25,26)/t17-,18?,19-/m0/s1. The number of rotatable bonds is 12. The summed E-state index contributed by atoms with van der Waals surface area (Å²) in [6.45, 7) is 4.81. The van der Waals surface area contributed by atoms with Crippen LogP contribution >= 0.6 is 0 Å². The molecule has 0 saturated carbocycles. The van der Waals surface area contributed by atoms with Gasteiger partial charge in [-0.3, -0.25) is 9.59 Å². The van der Waals surface area contributed by atoms with E-state index in [0.29, 0.717) is 19.3 Å². The normalized spacial score (nSPS) is 19.1. The number of aliphatic carboxylic acids is 1. The number of aliphatic hydroxyl groups excluding tert-OH is 1. The minimum absolute atomic E-state index is 0.161. The number of unbranched alkanes of at least 4 members (excludes halogenated alkanes) is 3. The van der Waals surface area contributed by atoms with Crippen LogP contribution in [-0.2, 0) is 9.59 Å². The molecule has 5 heteroatoms. The van der Waals surface area contributed by atoms with E-state index in [9.17, 15) is 14.7 Å². The van der Waals surface area contributed by atoms with Crippen molar-refractivity contribution in [2.24, 2.45) is 5.92 Å². The van der Waals surface area contributed by atoms with Gasteiger partial charge in [-0.05, 0) is 38.0 Å². The number of hydrogen-bond acceptors (Lipinski definition) is 3. The molecule has 1 amide bonds. The summed E-state index contributed by atoms with van der Waals surface area (Å²) in [5.41, 5.74) is 0. The largest absolute Gasteiger partial charge is 0.481 e. The van der Waals surface area contributed by atoms with Gasteiger partial charge in [-0.1, -0.05) is 26.7 Å². The fraction of sp³-hybridized carbons (Fsp3) is 0.810. The summed E-state index contributed by atoms with van der Waals surface area (Å²) in [7, 11) is 0. The molecule has 0 radical (unpaired) electrons. The Labute approximate surface area is 158 Å². The third kappa shape index (κ3) is 8.71. The predicted octanol–water partition coefficient (Wildman–Crippen LogP) is 3.59. The summed E-state index contributed by atoms with van der Waals surface area (Å²) in [5.74, 6) is 5.78. The highest BCUT2D eigenvalue weighted by atomic mass is 16.4. The third-order valence-corrected chi connectivity index (χ3v) is 5.17. The average molecular weight is 366 g/mol. The molecule has 0 aromatic rings. The number of amides is 1. The van der Waals surface area contributed by atoms with Crippen LogP contribution in [0.4, 0.5) is 0 Å². The molecule has 0 spiro atoms. The van der Waals surface area contributed by atoms with Crippen molar-refractivity contribution in [1.82, 2.24) is 4.90 Å². The Morgan fingerprint density at radius 1 is 1.27 bits per heavy atom. The molecule has 1 aliphatic heterocycles. The lowest BCUT2D eigenvalue weighted by molar-refractivity contribution is -0.137.